The summed E-state index contributed by atoms with van der Waals surface area (Å²) < 4.78 is 4.66. The molecular formula is C10H10O3S. The molecule has 1 aromatic heterocycles. The highest BCUT2D eigenvalue weighted by atomic mass is 32.1. The summed E-state index contributed by atoms with van der Waals surface area (Å²) in [6.07, 6.45) is 2.63. The van der Waals surface area contributed by atoms with Crippen LogP contribution in [0.15, 0.2) is 11.4 Å². The average molecular weight is 210 g/mol. The molecule has 0 amide bonds. The van der Waals surface area contributed by atoms with Gasteiger partial charge in [0.2, 0.25) is 0 Å². The molecule has 0 saturated heterocycles. The minimum atomic E-state index is -0.385. The molecule has 1 aliphatic carbocycles. The van der Waals surface area contributed by atoms with Gasteiger partial charge < -0.3 is 9.53 Å². The quantitative estimate of drug-likeness (QED) is 0.564. The molecule has 0 bridgehead atoms. The van der Waals surface area contributed by atoms with Gasteiger partial charge in [-0.2, -0.15) is 0 Å². The Morgan fingerprint density at radius 2 is 2.36 bits per heavy atom. The van der Waals surface area contributed by atoms with E-state index in [2.05, 4.69) is 4.74 Å². The summed E-state index contributed by atoms with van der Waals surface area (Å²) in [6, 6.07) is 1.85. The zero-order chi connectivity index (χ0) is 10.2. The Kier molecular flexibility index (Phi) is 2.15. The minimum Gasteiger partial charge on any atom is -0.465 e. The van der Waals surface area contributed by atoms with Crippen molar-refractivity contribution in [2.45, 2.75) is 18.3 Å². The van der Waals surface area contributed by atoms with Crippen molar-refractivity contribution in [1.29, 1.82) is 0 Å². The zero-order valence-electron chi connectivity index (χ0n) is 7.78. The number of thiophene rings is 1. The van der Waals surface area contributed by atoms with Gasteiger partial charge in [-0.1, -0.05) is 0 Å². The van der Waals surface area contributed by atoms with Crippen LogP contribution in [0.25, 0.3) is 0 Å². The Labute approximate surface area is 85.7 Å². The minimum absolute atomic E-state index is 0.344. The monoisotopic (exact) mass is 210 g/mol. The molecule has 1 aromatic rings. The molecule has 1 saturated carbocycles. The fourth-order valence-electron chi connectivity index (χ4n) is 1.54. The summed E-state index contributed by atoms with van der Waals surface area (Å²) in [5.41, 5.74) is 0.452. The number of hydrogen-bond acceptors (Lipinski definition) is 4. The lowest BCUT2D eigenvalue weighted by molar-refractivity contribution is -0.109. The van der Waals surface area contributed by atoms with Crippen molar-refractivity contribution in [1.82, 2.24) is 0 Å². The van der Waals surface area contributed by atoms with Gasteiger partial charge in [-0.3, -0.25) is 0 Å². The maximum Gasteiger partial charge on any atom is 0.348 e. The van der Waals surface area contributed by atoms with Crippen LogP contribution in [-0.2, 0) is 14.9 Å². The maximum atomic E-state index is 11.4. The van der Waals surface area contributed by atoms with Crippen LogP contribution in [-0.4, -0.2) is 19.4 Å². The summed E-state index contributed by atoms with van der Waals surface area (Å²) >= 11 is 1.33. The third kappa shape index (κ3) is 1.26. The molecule has 0 aromatic carbocycles. The van der Waals surface area contributed by atoms with Crippen molar-refractivity contribution in [2.75, 3.05) is 7.11 Å². The number of esters is 1. The van der Waals surface area contributed by atoms with Gasteiger partial charge in [0.15, 0.2) is 0 Å². The van der Waals surface area contributed by atoms with Crippen molar-refractivity contribution in [3.8, 4) is 0 Å². The first kappa shape index (κ1) is 9.40. The summed E-state index contributed by atoms with van der Waals surface area (Å²) in [6.45, 7) is 0. The number of aldehydes is 1. The van der Waals surface area contributed by atoms with E-state index in [1.165, 1.54) is 18.4 Å². The molecule has 0 N–H and O–H groups in total. The number of carbonyl (C=O) groups excluding carboxylic acids is 2. The molecule has 1 fully saturated rings. The summed E-state index contributed by atoms with van der Waals surface area (Å²) in [7, 11) is 1.35. The highest BCUT2D eigenvalue weighted by Crippen LogP contribution is 2.48. The van der Waals surface area contributed by atoms with Crippen LogP contribution in [0, 0.1) is 0 Å². The highest BCUT2D eigenvalue weighted by molar-refractivity contribution is 7.12. The molecule has 74 valence electrons. The fraction of sp³-hybridized carbons (Fsp3) is 0.400. The highest BCUT2D eigenvalue weighted by Gasteiger charge is 2.47. The van der Waals surface area contributed by atoms with Crippen LogP contribution >= 0.6 is 11.3 Å². The van der Waals surface area contributed by atoms with Gasteiger partial charge in [-0.05, 0) is 29.9 Å². The largest absolute Gasteiger partial charge is 0.465 e. The standard InChI is InChI=1S/C10H10O3S/c1-13-9(12)8-7(2-5-14-8)10(6-11)3-4-10/h2,5-6H,3-4H2,1H3. The average Bonchev–Trinajstić information content (AvgIpc) is 2.87. The molecule has 0 unspecified atom stereocenters. The second-order valence-corrected chi connectivity index (χ2v) is 4.35. The van der Waals surface area contributed by atoms with Gasteiger partial charge in [0.25, 0.3) is 0 Å². The fourth-order valence-corrected chi connectivity index (χ4v) is 2.46. The van der Waals surface area contributed by atoms with E-state index in [-0.39, 0.29) is 11.4 Å². The Hall–Kier alpha value is -1.16. The SMILES string of the molecule is COC(=O)c1sccc1C1(C=O)CC1. The van der Waals surface area contributed by atoms with Crippen molar-refractivity contribution in [3.63, 3.8) is 0 Å². The molecule has 4 heteroatoms. The van der Waals surface area contributed by atoms with E-state index in [1.54, 1.807) is 0 Å². The zero-order valence-corrected chi connectivity index (χ0v) is 8.60. The maximum absolute atomic E-state index is 11.4. The van der Waals surface area contributed by atoms with Gasteiger partial charge in [-0.15, -0.1) is 11.3 Å². The van der Waals surface area contributed by atoms with Gasteiger partial charge in [-0.25, -0.2) is 4.79 Å². The van der Waals surface area contributed by atoms with Gasteiger partial charge in [0.05, 0.1) is 12.5 Å². The van der Waals surface area contributed by atoms with Crippen LogP contribution in [0.4, 0.5) is 0 Å². The van der Waals surface area contributed by atoms with Crippen LogP contribution in [0.2, 0.25) is 0 Å². The summed E-state index contributed by atoms with van der Waals surface area (Å²) in [4.78, 5) is 22.8. The molecule has 2 rings (SSSR count). The predicted octanol–water partition coefficient (Wildman–Crippen LogP) is 1.77. The second kappa shape index (κ2) is 3.20. The van der Waals surface area contributed by atoms with Crippen molar-refractivity contribution >= 4 is 23.6 Å². The van der Waals surface area contributed by atoms with E-state index >= 15 is 0 Å². The van der Waals surface area contributed by atoms with Crippen LogP contribution in [0.1, 0.15) is 28.1 Å². The number of hydrogen-bond donors (Lipinski definition) is 0. The topological polar surface area (TPSA) is 43.4 Å². The Morgan fingerprint density at radius 1 is 1.64 bits per heavy atom. The molecule has 0 radical (unpaired) electrons. The first-order valence-corrected chi connectivity index (χ1v) is 5.24. The number of ether oxygens (including phenoxy) is 1. The van der Waals surface area contributed by atoms with Gasteiger partial charge in [0, 0.05) is 0 Å². The third-order valence-corrected chi connectivity index (χ3v) is 3.48. The van der Waals surface area contributed by atoms with Gasteiger partial charge >= 0.3 is 5.97 Å². The van der Waals surface area contributed by atoms with Crippen LogP contribution in [0.5, 0.6) is 0 Å². The van der Waals surface area contributed by atoms with E-state index in [0.29, 0.717) is 4.88 Å². The molecule has 14 heavy (non-hydrogen) atoms. The van der Waals surface area contributed by atoms with Crippen molar-refractivity contribution in [3.05, 3.63) is 21.9 Å². The van der Waals surface area contributed by atoms with E-state index in [9.17, 15) is 9.59 Å². The molecule has 3 nitrogen and oxygen atoms in total. The first-order valence-electron chi connectivity index (χ1n) is 4.36. The lowest BCUT2D eigenvalue weighted by Gasteiger charge is -2.06. The third-order valence-electron chi connectivity index (χ3n) is 2.59. The molecule has 0 spiro atoms. The van der Waals surface area contributed by atoms with Crippen LogP contribution in [0.3, 0.4) is 0 Å². The number of carbonyl (C=O) groups is 2. The molecule has 1 aliphatic rings. The molecule has 0 atom stereocenters. The Bertz CT molecular complexity index is 376. The summed E-state index contributed by atoms with van der Waals surface area (Å²) in [5.74, 6) is -0.344. The number of methoxy groups -OCH3 is 1. The van der Waals surface area contributed by atoms with Gasteiger partial charge in [0.1, 0.15) is 11.2 Å². The second-order valence-electron chi connectivity index (χ2n) is 3.43. The summed E-state index contributed by atoms with van der Waals surface area (Å²) in [5, 5.41) is 1.82. The van der Waals surface area contributed by atoms with Crippen molar-refractivity contribution in [2.24, 2.45) is 0 Å². The Morgan fingerprint density at radius 3 is 2.86 bits per heavy atom. The van der Waals surface area contributed by atoms with E-state index in [4.69, 9.17) is 0 Å². The lowest BCUT2D eigenvalue weighted by atomic mass is 9.99. The lowest BCUT2D eigenvalue weighted by Crippen LogP contribution is -2.12. The molecular weight excluding hydrogens is 200 g/mol. The predicted molar refractivity (Wildman–Crippen MR) is 52.6 cm³/mol. The van der Waals surface area contributed by atoms with E-state index in [0.717, 1.165) is 24.7 Å². The Balaban J connectivity index is 2.39. The van der Waals surface area contributed by atoms with Crippen molar-refractivity contribution < 1.29 is 14.3 Å². The van der Waals surface area contributed by atoms with E-state index in [1.807, 2.05) is 11.4 Å². The number of rotatable bonds is 3. The smallest absolute Gasteiger partial charge is 0.348 e. The first-order chi connectivity index (χ1) is 6.73. The van der Waals surface area contributed by atoms with E-state index < -0.39 is 0 Å². The molecule has 0 aliphatic heterocycles. The van der Waals surface area contributed by atoms with Crippen LogP contribution < -0.4 is 0 Å². The normalized spacial score (nSPS) is 17.5. The molecule has 1 heterocycles.